The Morgan fingerprint density at radius 2 is 1.82 bits per heavy atom. The average molecular weight is 470 g/mol. The van der Waals surface area contributed by atoms with E-state index in [2.05, 4.69) is 33.5 Å². The van der Waals surface area contributed by atoms with E-state index in [-0.39, 0.29) is 12.5 Å². The Balaban J connectivity index is 1.40. The molecule has 0 aliphatic carbocycles. The van der Waals surface area contributed by atoms with Crippen molar-refractivity contribution in [3.05, 3.63) is 52.8 Å². The van der Waals surface area contributed by atoms with Crippen molar-refractivity contribution in [3.63, 3.8) is 0 Å². The quantitative estimate of drug-likeness (QED) is 0.536. The van der Waals surface area contributed by atoms with Crippen molar-refractivity contribution in [3.8, 4) is 5.75 Å². The number of hydrogen-bond donors (Lipinski definition) is 1. The first-order chi connectivity index (χ1) is 16.0. The minimum absolute atomic E-state index is 0.0719. The van der Waals surface area contributed by atoms with E-state index in [4.69, 9.17) is 21.3 Å². The summed E-state index contributed by atoms with van der Waals surface area (Å²) in [5.74, 6) is 1.47. The molecule has 1 amide bonds. The molecule has 1 N–H and O–H groups in total. The van der Waals surface area contributed by atoms with Crippen LogP contribution in [0.15, 0.2) is 36.4 Å². The third-order valence-corrected chi connectivity index (χ3v) is 6.63. The predicted octanol–water partition coefficient (Wildman–Crippen LogP) is 4.17. The van der Waals surface area contributed by atoms with E-state index in [0.717, 1.165) is 68.2 Å². The summed E-state index contributed by atoms with van der Waals surface area (Å²) in [5, 5.41) is 3.59. The zero-order chi connectivity index (χ0) is 23.4. The second kappa shape index (κ2) is 10.5. The highest BCUT2D eigenvalue weighted by atomic mass is 35.5. The van der Waals surface area contributed by atoms with Crippen LogP contribution in [0.4, 0.5) is 5.69 Å². The molecule has 0 spiro atoms. The molecule has 1 fully saturated rings. The third kappa shape index (κ3) is 5.66. The predicted molar refractivity (Wildman–Crippen MR) is 133 cm³/mol. The Morgan fingerprint density at radius 1 is 1.06 bits per heavy atom. The highest BCUT2D eigenvalue weighted by Crippen LogP contribution is 2.23. The number of nitrogens with zero attached hydrogens (tertiary/aromatic N) is 4. The van der Waals surface area contributed by atoms with Crippen LogP contribution in [0.3, 0.4) is 0 Å². The van der Waals surface area contributed by atoms with Gasteiger partial charge < -0.3 is 19.5 Å². The molecule has 33 heavy (non-hydrogen) atoms. The highest BCUT2D eigenvalue weighted by molar-refractivity contribution is 6.31. The lowest BCUT2D eigenvalue weighted by Gasteiger charge is -2.33. The fourth-order valence-corrected chi connectivity index (χ4v) is 4.37. The van der Waals surface area contributed by atoms with Crippen LogP contribution < -0.4 is 10.1 Å². The molecule has 1 saturated heterocycles. The largest absolute Gasteiger partial charge is 0.484 e. The van der Waals surface area contributed by atoms with Crippen LogP contribution in [-0.4, -0.2) is 64.6 Å². The van der Waals surface area contributed by atoms with E-state index in [1.54, 1.807) is 12.1 Å². The third-order valence-electron chi connectivity index (χ3n) is 6.20. The van der Waals surface area contributed by atoms with Gasteiger partial charge in [0.15, 0.2) is 6.61 Å². The summed E-state index contributed by atoms with van der Waals surface area (Å²) in [5.41, 5.74) is 3.61. The fourth-order valence-electron chi connectivity index (χ4n) is 4.25. The number of amides is 1. The van der Waals surface area contributed by atoms with Gasteiger partial charge in [-0.2, -0.15) is 0 Å². The number of hydrogen-bond acceptors (Lipinski definition) is 5. The number of carbonyl (C=O) groups is 1. The van der Waals surface area contributed by atoms with Crippen molar-refractivity contribution >= 4 is 34.2 Å². The first kappa shape index (κ1) is 23.5. The van der Waals surface area contributed by atoms with Crippen molar-refractivity contribution in [2.45, 2.75) is 33.9 Å². The van der Waals surface area contributed by atoms with Crippen molar-refractivity contribution in [1.29, 1.82) is 0 Å². The Hall–Kier alpha value is -2.61. The van der Waals surface area contributed by atoms with Gasteiger partial charge >= 0.3 is 0 Å². The van der Waals surface area contributed by atoms with Crippen LogP contribution in [0, 0.1) is 6.92 Å². The Morgan fingerprint density at radius 3 is 2.52 bits per heavy atom. The normalized spacial score (nSPS) is 15.2. The number of carbonyl (C=O) groups excluding carboxylic acids is 1. The number of anilines is 1. The molecule has 2 aromatic carbocycles. The summed E-state index contributed by atoms with van der Waals surface area (Å²) >= 11 is 6.04. The number of likely N-dealkylation sites (N-methyl/N-ethyl adjacent to an activating group) is 1. The van der Waals surface area contributed by atoms with Gasteiger partial charge in [0.05, 0.1) is 17.6 Å². The van der Waals surface area contributed by atoms with Crippen LogP contribution in [0.2, 0.25) is 5.02 Å². The zero-order valence-electron chi connectivity index (χ0n) is 19.6. The number of aromatic nitrogens is 2. The number of piperazine rings is 1. The molecule has 1 aliphatic rings. The summed E-state index contributed by atoms with van der Waals surface area (Å²) in [6, 6.07) is 11.2. The monoisotopic (exact) mass is 469 g/mol. The fraction of sp³-hybridized carbons (Fsp3) is 0.440. The smallest absolute Gasteiger partial charge is 0.262 e. The summed E-state index contributed by atoms with van der Waals surface area (Å²) in [6.45, 7) is 13.4. The second-order valence-corrected chi connectivity index (χ2v) is 8.84. The molecular formula is C25H32ClN5O2. The first-order valence-corrected chi connectivity index (χ1v) is 12.0. The second-order valence-electron chi connectivity index (χ2n) is 8.43. The molecule has 1 aromatic heterocycles. The van der Waals surface area contributed by atoms with Gasteiger partial charge in [-0.25, -0.2) is 4.98 Å². The molecule has 1 aliphatic heterocycles. The van der Waals surface area contributed by atoms with Gasteiger partial charge in [-0.05, 0) is 62.4 Å². The summed E-state index contributed by atoms with van der Waals surface area (Å²) in [7, 11) is 0. The van der Waals surface area contributed by atoms with Gasteiger partial charge in [-0.1, -0.05) is 18.5 Å². The molecule has 3 aromatic rings. The maximum atomic E-state index is 12.4. The standard InChI is InChI=1S/C25H32ClN5O2/c1-4-29-10-12-30(13-11-29)16-24-28-22-15-19(6-9-23(22)31(24)5-2)27-25(32)17-33-20-7-8-21(26)18(3)14-20/h6-9,14-15H,4-5,10-13,16-17H2,1-3H3,(H,27,32). The SMILES string of the molecule is CCN1CCN(Cc2nc3cc(NC(=O)COc4ccc(Cl)c(C)c4)ccc3n2CC)CC1. The van der Waals surface area contributed by atoms with E-state index >= 15 is 0 Å². The van der Waals surface area contributed by atoms with Crippen LogP contribution in [0.25, 0.3) is 11.0 Å². The minimum Gasteiger partial charge on any atom is -0.484 e. The molecule has 8 heteroatoms. The van der Waals surface area contributed by atoms with E-state index in [1.807, 2.05) is 31.2 Å². The van der Waals surface area contributed by atoms with E-state index < -0.39 is 0 Å². The molecule has 0 atom stereocenters. The Kier molecular flexibility index (Phi) is 7.53. The molecule has 4 rings (SSSR count). The summed E-state index contributed by atoms with van der Waals surface area (Å²) in [4.78, 5) is 22.3. The van der Waals surface area contributed by atoms with Gasteiger partial charge in [0, 0.05) is 43.4 Å². The molecular weight excluding hydrogens is 438 g/mol. The van der Waals surface area contributed by atoms with Crippen molar-refractivity contribution in [2.24, 2.45) is 0 Å². The summed E-state index contributed by atoms with van der Waals surface area (Å²) < 4.78 is 7.87. The van der Waals surface area contributed by atoms with Crippen molar-refractivity contribution in [1.82, 2.24) is 19.4 Å². The maximum absolute atomic E-state index is 12.4. The number of benzene rings is 2. The summed E-state index contributed by atoms with van der Waals surface area (Å²) in [6.07, 6.45) is 0. The van der Waals surface area contributed by atoms with Crippen molar-refractivity contribution in [2.75, 3.05) is 44.6 Å². The molecule has 0 saturated carbocycles. The maximum Gasteiger partial charge on any atom is 0.262 e. The number of aryl methyl sites for hydroxylation is 2. The van der Waals surface area contributed by atoms with Crippen LogP contribution in [0.5, 0.6) is 5.75 Å². The number of nitrogens with one attached hydrogen (secondary N) is 1. The minimum atomic E-state index is -0.217. The molecule has 0 unspecified atom stereocenters. The highest BCUT2D eigenvalue weighted by Gasteiger charge is 2.19. The lowest BCUT2D eigenvalue weighted by atomic mass is 10.2. The lowest BCUT2D eigenvalue weighted by Crippen LogP contribution is -2.45. The number of halogens is 1. The van der Waals surface area contributed by atoms with Crippen LogP contribution in [-0.2, 0) is 17.9 Å². The zero-order valence-corrected chi connectivity index (χ0v) is 20.4. The van der Waals surface area contributed by atoms with E-state index in [0.29, 0.717) is 16.5 Å². The lowest BCUT2D eigenvalue weighted by molar-refractivity contribution is -0.118. The van der Waals surface area contributed by atoms with Crippen LogP contribution >= 0.6 is 11.6 Å². The van der Waals surface area contributed by atoms with Crippen molar-refractivity contribution < 1.29 is 9.53 Å². The molecule has 2 heterocycles. The van der Waals surface area contributed by atoms with Gasteiger partial charge in [-0.3, -0.25) is 9.69 Å². The number of fused-ring (bicyclic) bond motifs is 1. The van der Waals surface area contributed by atoms with Gasteiger partial charge in [0.2, 0.25) is 0 Å². The topological polar surface area (TPSA) is 62.6 Å². The number of imidazole rings is 1. The van der Waals surface area contributed by atoms with Gasteiger partial charge in [0.1, 0.15) is 11.6 Å². The number of ether oxygens (including phenoxy) is 1. The number of rotatable bonds is 8. The molecule has 0 radical (unpaired) electrons. The molecule has 7 nitrogen and oxygen atoms in total. The van der Waals surface area contributed by atoms with E-state index in [9.17, 15) is 4.79 Å². The molecule has 0 bridgehead atoms. The molecule has 176 valence electrons. The van der Waals surface area contributed by atoms with E-state index in [1.165, 1.54) is 0 Å². The van der Waals surface area contributed by atoms with Gasteiger partial charge in [-0.15, -0.1) is 0 Å². The Bertz CT molecular complexity index is 1120. The van der Waals surface area contributed by atoms with Crippen LogP contribution in [0.1, 0.15) is 25.2 Å². The first-order valence-electron chi connectivity index (χ1n) is 11.6. The average Bonchev–Trinajstić information content (AvgIpc) is 3.16. The Labute approximate surface area is 200 Å². The van der Waals surface area contributed by atoms with Gasteiger partial charge in [0.25, 0.3) is 5.91 Å².